The molecule has 2 aromatic carbocycles. The molecule has 0 amide bonds. The molecule has 118 valence electrons. The molecule has 0 aliphatic rings. The number of nitrogens with one attached hydrogen (secondary N) is 1. The fourth-order valence-electron chi connectivity index (χ4n) is 2.13. The summed E-state index contributed by atoms with van der Waals surface area (Å²) in [7, 11) is -3.53. The molecule has 0 bridgehead atoms. The first-order chi connectivity index (χ1) is 10.5. The monoisotopic (exact) mass is 319 g/mol. The Hall–Kier alpha value is -1.69. The van der Waals surface area contributed by atoms with E-state index in [1.807, 2.05) is 44.2 Å². The fourth-order valence-corrected chi connectivity index (χ4v) is 3.16. The van der Waals surface area contributed by atoms with Crippen LogP contribution < -0.4 is 4.72 Å². The average Bonchev–Trinajstić information content (AvgIpc) is 2.53. The summed E-state index contributed by atoms with van der Waals surface area (Å²) in [5.74, 6) is 0. The van der Waals surface area contributed by atoms with Crippen molar-refractivity contribution >= 4 is 10.0 Å². The van der Waals surface area contributed by atoms with Crippen LogP contribution in [0.5, 0.6) is 0 Å². The van der Waals surface area contributed by atoms with Crippen LogP contribution >= 0.6 is 0 Å². The van der Waals surface area contributed by atoms with Crippen LogP contribution in [0.25, 0.3) is 0 Å². The highest BCUT2D eigenvalue weighted by Crippen LogP contribution is 2.17. The van der Waals surface area contributed by atoms with E-state index in [1.165, 1.54) is 0 Å². The lowest BCUT2D eigenvalue weighted by Gasteiger charge is -2.18. The third-order valence-electron chi connectivity index (χ3n) is 3.33. The molecule has 2 rings (SSSR count). The maximum atomic E-state index is 12.3. The van der Waals surface area contributed by atoms with Crippen molar-refractivity contribution < 1.29 is 13.2 Å². The quantitative estimate of drug-likeness (QED) is 0.853. The molecule has 0 radical (unpaired) electrons. The van der Waals surface area contributed by atoms with Crippen LogP contribution in [0.15, 0.2) is 59.5 Å². The van der Waals surface area contributed by atoms with E-state index in [0.29, 0.717) is 6.61 Å². The van der Waals surface area contributed by atoms with Gasteiger partial charge in [0.15, 0.2) is 0 Å². The highest BCUT2D eigenvalue weighted by molar-refractivity contribution is 7.89. The summed E-state index contributed by atoms with van der Waals surface area (Å²) in [5, 5.41) is 0. The molecule has 0 aromatic heterocycles. The summed E-state index contributed by atoms with van der Waals surface area (Å²) in [5.41, 5.74) is 1.98. The Morgan fingerprint density at radius 1 is 1.05 bits per heavy atom. The van der Waals surface area contributed by atoms with Crippen LogP contribution in [0.1, 0.15) is 24.2 Å². The molecule has 2 aromatic rings. The van der Waals surface area contributed by atoms with Gasteiger partial charge in [-0.05, 0) is 31.5 Å². The van der Waals surface area contributed by atoms with Crippen LogP contribution in [0.3, 0.4) is 0 Å². The van der Waals surface area contributed by atoms with Crippen LogP contribution in [-0.4, -0.2) is 21.6 Å². The Morgan fingerprint density at radius 3 is 2.27 bits per heavy atom. The predicted octanol–water partition coefficient (Wildman–Crippen LogP) is 3.05. The number of sulfonamides is 1. The molecule has 5 heteroatoms. The molecule has 1 N–H and O–H groups in total. The van der Waals surface area contributed by atoms with Gasteiger partial charge in [-0.2, -0.15) is 0 Å². The molecule has 0 unspecified atom stereocenters. The topological polar surface area (TPSA) is 55.4 Å². The van der Waals surface area contributed by atoms with E-state index in [4.69, 9.17) is 4.74 Å². The van der Waals surface area contributed by atoms with Crippen LogP contribution in [0.2, 0.25) is 0 Å². The predicted molar refractivity (Wildman–Crippen MR) is 87.2 cm³/mol. The number of ether oxygens (including phenoxy) is 1. The Labute approximate surface area is 132 Å². The molecule has 0 spiro atoms. The number of benzene rings is 2. The Kier molecular flexibility index (Phi) is 5.71. The Balaban J connectivity index is 2.10. The van der Waals surface area contributed by atoms with Gasteiger partial charge < -0.3 is 4.74 Å². The number of hydrogen-bond acceptors (Lipinski definition) is 3. The first-order valence-electron chi connectivity index (χ1n) is 7.26. The maximum absolute atomic E-state index is 12.3. The van der Waals surface area contributed by atoms with Crippen molar-refractivity contribution in [2.75, 3.05) is 13.2 Å². The molecule has 0 aliphatic carbocycles. The Bertz CT molecular complexity index is 682. The first kappa shape index (κ1) is 16.7. The molecule has 0 fully saturated rings. The summed E-state index contributed by atoms with van der Waals surface area (Å²) >= 11 is 0. The fraction of sp³-hybridized carbons (Fsp3) is 0.294. The van der Waals surface area contributed by atoms with E-state index in [0.717, 1.165) is 11.1 Å². The lowest BCUT2D eigenvalue weighted by molar-refractivity contribution is 0.0662. The average molecular weight is 319 g/mol. The van der Waals surface area contributed by atoms with E-state index < -0.39 is 10.0 Å². The van der Waals surface area contributed by atoms with Crippen molar-refractivity contribution in [3.63, 3.8) is 0 Å². The van der Waals surface area contributed by atoms with Crippen molar-refractivity contribution in [3.8, 4) is 0 Å². The van der Waals surface area contributed by atoms with Gasteiger partial charge in [-0.15, -0.1) is 0 Å². The zero-order valence-electron chi connectivity index (χ0n) is 12.8. The normalized spacial score (nSPS) is 13.0. The third-order valence-corrected chi connectivity index (χ3v) is 4.77. The standard InChI is InChI=1S/C17H21NO3S/c1-3-21-17(15-7-5-4-6-8-15)13-18-22(19,20)16-11-9-14(2)10-12-16/h4-12,17-18H,3,13H2,1-2H3/t17-/m1/s1. The van der Waals surface area contributed by atoms with E-state index >= 15 is 0 Å². The zero-order valence-corrected chi connectivity index (χ0v) is 13.6. The minimum Gasteiger partial charge on any atom is -0.372 e. The van der Waals surface area contributed by atoms with Gasteiger partial charge in [0.05, 0.1) is 11.0 Å². The van der Waals surface area contributed by atoms with Crippen molar-refractivity contribution in [1.82, 2.24) is 4.72 Å². The zero-order chi connectivity index (χ0) is 16.0. The van der Waals surface area contributed by atoms with Crippen molar-refractivity contribution in [2.45, 2.75) is 24.8 Å². The first-order valence-corrected chi connectivity index (χ1v) is 8.74. The summed E-state index contributed by atoms with van der Waals surface area (Å²) in [4.78, 5) is 0.265. The Morgan fingerprint density at radius 2 is 1.68 bits per heavy atom. The van der Waals surface area contributed by atoms with Gasteiger partial charge in [0.2, 0.25) is 10.0 Å². The molecule has 0 saturated heterocycles. The molecular formula is C17H21NO3S. The molecule has 4 nitrogen and oxygen atoms in total. The second-order valence-corrected chi connectivity index (χ2v) is 6.79. The van der Waals surface area contributed by atoms with Gasteiger partial charge in [0.1, 0.15) is 0 Å². The van der Waals surface area contributed by atoms with Gasteiger partial charge >= 0.3 is 0 Å². The van der Waals surface area contributed by atoms with Gasteiger partial charge in [0.25, 0.3) is 0 Å². The SMILES string of the molecule is CCO[C@H](CNS(=O)(=O)c1ccc(C)cc1)c1ccccc1. The van der Waals surface area contributed by atoms with Crippen molar-refractivity contribution in [3.05, 3.63) is 65.7 Å². The molecule has 0 saturated carbocycles. The van der Waals surface area contributed by atoms with E-state index in [-0.39, 0.29) is 17.5 Å². The van der Waals surface area contributed by atoms with Crippen molar-refractivity contribution in [1.29, 1.82) is 0 Å². The largest absolute Gasteiger partial charge is 0.372 e. The second kappa shape index (κ2) is 7.54. The number of aryl methyl sites for hydroxylation is 1. The second-order valence-electron chi connectivity index (χ2n) is 5.02. The van der Waals surface area contributed by atoms with E-state index in [1.54, 1.807) is 24.3 Å². The lowest BCUT2D eigenvalue weighted by atomic mass is 10.1. The lowest BCUT2D eigenvalue weighted by Crippen LogP contribution is -2.29. The van der Waals surface area contributed by atoms with Crippen molar-refractivity contribution in [2.24, 2.45) is 0 Å². The van der Waals surface area contributed by atoms with Crippen LogP contribution in [-0.2, 0) is 14.8 Å². The molecule has 1 atom stereocenters. The molecule has 0 heterocycles. The van der Waals surface area contributed by atoms with Gasteiger partial charge in [0, 0.05) is 13.2 Å². The highest BCUT2D eigenvalue weighted by Gasteiger charge is 2.18. The minimum atomic E-state index is -3.53. The molecule has 0 aliphatic heterocycles. The van der Waals surface area contributed by atoms with E-state index in [9.17, 15) is 8.42 Å². The third kappa shape index (κ3) is 4.40. The summed E-state index contributed by atoms with van der Waals surface area (Å²) in [6.07, 6.45) is -0.300. The smallest absolute Gasteiger partial charge is 0.240 e. The molecular weight excluding hydrogens is 298 g/mol. The highest BCUT2D eigenvalue weighted by atomic mass is 32.2. The van der Waals surface area contributed by atoms with Gasteiger partial charge in [-0.3, -0.25) is 0 Å². The van der Waals surface area contributed by atoms with Gasteiger partial charge in [-0.25, -0.2) is 13.1 Å². The van der Waals surface area contributed by atoms with Crippen LogP contribution in [0, 0.1) is 6.92 Å². The number of rotatable bonds is 7. The summed E-state index contributed by atoms with van der Waals surface area (Å²) in [6.45, 7) is 4.54. The minimum absolute atomic E-state index is 0.202. The summed E-state index contributed by atoms with van der Waals surface area (Å²) < 4.78 is 32.9. The van der Waals surface area contributed by atoms with Crippen LogP contribution in [0.4, 0.5) is 0 Å². The molecule has 22 heavy (non-hydrogen) atoms. The number of hydrogen-bond donors (Lipinski definition) is 1. The maximum Gasteiger partial charge on any atom is 0.240 e. The van der Waals surface area contributed by atoms with E-state index in [2.05, 4.69) is 4.72 Å². The van der Waals surface area contributed by atoms with Gasteiger partial charge in [-0.1, -0.05) is 48.0 Å². The summed E-state index contributed by atoms with van der Waals surface area (Å²) in [6, 6.07) is 16.4.